The maximum atomic E-state index is 9.61. The Kier molecular flexibility index (Phi) is 12.2. The summed E-state index contributed by atoms with van der Waals surface area (Å²) < 4.78 is 5.59. The third-order valence-corrected chi connectivity index (χ3v) is 7.11. The lowest BCUT2D eigenvalue weighted by molar-refractivity contribution is 0.419. The molecule has 7 aromatic rings. The molecule has 8 nitrogen and oxygen atoms in total. The van der Waals surface area contributed by atoms with Gasteiger partial charge in [0, 0.05) is 58.3 Å². The van der Waals surface area contributed by atoms with Crippen molar-refractivity contribution < 1.29 is 24.7 Å². The summed E-state index contributed by atoms with van der Waals surface area (Å²) in [5, 5.41) is 39.6. The van der Waals surface area contributed by atoms with Gasteiger partial charge in [-0.25, -0.2) is 0 Å². The van der Waals surface area contributed by atoms with Gasteiger partial charge in [-0.3, -0.25) is 15.0 Å². The van der Waals surface area contributed by atoms with Crippen LogP contribution < -0.4 is 5.46 Å². The number of hydrogen-bond donors (Lipinski definition) is 4. The predicted molar refractivity (Wildman–Crippen MR) is 180 cm³/mol. The Hall–Kier alpha value is -4.64. The van der Waals surface area contributed by atoms with Crippen LogP contribution in [0.5, 0.6) is 11.5 Å². The van der Waals surface area contributed by atoms with Crippen molar-refractivity contribution in [3.8, 4) is 22.6 Å². The number of aromatic nitrogens is 3. The van der Waals surface area contributed by atoms with Gasteiger partial charge in [0.25, 0.3) is 0 Å². The summed E-state index contributed by atoms with van der Waals surface area (Å²) in [5.41, 5.74) is 3.41. The van der Waals surface area contributed by atoms with Crippen LogP contribution in [-0.2, 0) is 0 Å². The first kappa shape index (κ1) is 33.3. The van der Waals surface area contributed by atoms with E-state index in [1.165, 1.54) is 18.3 Å². The van der Waals surface area contributed by atoms with Crippen LogP contribution in [0.1, 0.15) is 0 Å². The highest BCUT2D eigenvalue weighted by molar-refractivity contribution is 6.59. The first-order valence-corrected chi connectivity index (χ1v) is 14.4. The lowest BCUT2D eigenvalue weighted by Gasteiger charge is -2.05. The minimum Gasteiger partial charge on any atom is -0.508 e. The molecule has 0 aliphatic carbocycles. The second kappa shape index (κ2) is 16.4. The number of rotatable bonds is 2. The zero-order valence-electron chi connectivity index (χ0n) is 23.4. The maximum absolute atomic E-state index is 9.61. The van der Waals surface area contributed by atoms with Crippen LogP contribution in [0.25, 0.3) is 33.1 Å². The highest BCUT2D eigenvalue weighted by Crippen LogP contribution is 2.33. The highest BCUT2D eigenvalue weighted by Gasteiger charge is 2.13. The molecule has 0 aliphatic heterocycles. The molecule has 0 atom stereocenters. The van der Waals surface area contributed by atoms with Crippen molar-refractivity contribution in [2.45, 2.75) is 0 Å². The average Bonchev–Trinajstić information content (AvgIpc) is 3.43. The SMILES string of the molecule is Clc1ccncc1Cl.OB(O)c1ccccc1O.Oc1ccccc1-c1ccncc1Cl.c1ccc2c(c1)oc1cnccc12. The summed E-state index contributed by atoms with van der Waals surface area (Å²) in [4.78, 5) is 11.6. The molecule has 12 heteroatoms. The number of halogens is 3. The molecule has 0 spiro atoms. The molecule has 0 radical (unpaired) electrons. The average molecular weight is 661 g/mol. The lowest BCUT2D eigenvalue weighted by Crippen LogP contribution is -2.29. The van der Waals surface area contributed by atoms with E-state index in [2.05, 4.69) is 21.0 Å². The van der Waals surface area contributed by atoms with Gasteiger partial charge in [0.15, 0.2) is 5.58 Å². The summed E-state index contributed by atoms with van der Waals surface area (Å²) in [7, 11) is -1.60. The fourth-order valence-electron chi connectivity index (χ4n) is 3.94. The van der Waals surface area contributed by atoms with Gasteiger partial charge in [-0.05, 0) is 36.4 Å². The van der Waals surface area contributed by atoms with E-state index in [4.69, 9.17) is 54.4 Å². The third kappa shape index (κ3) is 9.18. The van der Waals surface area contributed by atoms with Crippen molar-refractivity contribution in [2.75, 3.05) is 0 Å². The predicted octanol–water partition coefficient (Wildman–Crippen LogP) is 7.55. The molecule has 3 aromatic carbocycles. The fraction of sp³-hybridized carbons (Fsp3) is 0. The Bertz CT molecular complexity index is 1880. The van der Waals surface area contributed by atoms with Gasteiger partial charge in [0.05, 0.1) is 21.3 Å². The molecule has 0 saturated carbocycles. The van der Waals surface area contributed by atoms with Crippen molar-refractivity contribution in [1.29, 1.82) is 0 Å². The number of phenols is 2. The number of aromatic hydroxyl groups is 2. The minimum atomic E-state index is -1.60. The number of fused-ring (bicyclic) bond motifs is 3. The normalized spacial score (nSPS) is 10.1. The van der Waals surface area contributed by atoms with E-state index in [1.54, 1.807) is 67.4 Å². The van der Waals surface area contributed by atoms with Crippen LogP contribution in [0.2, 0.25) is 15.1 Å². The number of phenolic OH excluding ortho intramolecular Hbond substituents is 2. The van der Waals surface area contributed by atoms with Crippen molar-refractivity contribution in [3.63, 3.8) is 0 Å². The maximum Gasteiger partial charge on any atom is 0.492 e. The second-order valence-electron chi connectivity index (χ2n) is 9.06. The molecule has 0 amide bonds. The van der Waals surface area contributed by atoms with Crippen LogP contribution in [0.3, 0.4) is 0 Å². The van der Waals surface area contributed by atoms with Crippen molar-refractivity contribution in [2.24, 2.45) is 0 Å². The van der Waals surface area contributed by atoms with Crippen molar-refractivity contribution in [3.05, 3.63) is 143 Å². The quantitative estimate of drug-likeness (QED) is 0.140. The van der Waals surface area contributed by atoms with Crippen molar-refractivity contribution in [1.82, 2.24) is 15.0 Å². The largest absolute Gasteiger partial charge is 0.508 e. The van der Waals surface area contributed by atoms with E-state index < -0.39 is 7.12 Å². The molecule has 0 unspecified atom stereocenters. The van der Waals surface area contributed by atoms with Gasteiger partial charge in [-0.15, -0.1) is 0 Å². The topological polar surface area (TPSA) is 133 Å². The Balaban J connectivity index is 0.000000140. The van der Waals surface area contributed by atoms with Crippen LogP contribution >= 0.6 is 34.8 Å². The van der Waals surface area contributed by atoms with Gasteiger partial charge in [0.2, 0.25) is 0 Å². The van der Waals surface area contributed by atoms with E-state index in [0.29, 0.717) is 15.1 Å². The fourth-order valence-corrected chi connectivity index (χ4v) is 4.39. The first-order chi connectivity index (χ1) is 21.8. The van der Waals surface area contributed by atoms with Gasteiger partial charge >= 0.3 is 7.12 Å². The number of nitrogens with zero attached hydrogens (tertiary/aromatic N) is 3. The smallest absolute Gasteiger partial charge is 0.492 e. The second-order valence-corrected chi connectivity index (χ2v) is 10.3. The molecule has 226 valence electrons. The van der Waals surface area contributed by atoms with Crippen LogP contribution in [0.15, 0.2) is 133 Å². The summed E-state index contributed by atoms with van der Waals surface area (Å²) >= 11 is 17.0. The van der Waals surface area contributed by atoms with E-state index >= 15 is 0 Å². The molecule has 4 N–H and O–H groups in total. The lowest BCUT2D eigenvalue weighted by atomic mass is 9.80. The monoisotopic (exact) mass is 659 g/mol. The summed E-state index contributed by atoms with van der Waals surface area (Å²) in [6.07, 6.45) is 9.83. The molecule has 4 heterocycles. The molecule has 4 aromatic heterocycles. The molecule has 0 aliphatic rings. The molecule has 0 bridgehead atoms. The number of para-hydroxylation sites is 3. The summed E-state index contributed by atoms with van der Waals surface area (Å²) in [6.45, 7) is 0. The number of hydrogen-bond acceptors (Lipinski definition) is 8. The molecular formula is C33H25BCl3N3O5. The van der Waals surface area contributed by atoms with Crippen molar-refractivity contribution >= 4 is 69.3 Å². The van der Waals surface area contributed by atoms with E-state index in [0.717, 1.165) is 33.1 Å². The number of pyridine rings is 3. The van der Waals surface area contributed by atoms with Gasteiger partial charge in [0.1, 0.15) is 17.1 Å². The van der Waals surface area contributed by atoms with Gasteiger partial charge in [-0.1, -0.05) is 89.4 Å². The van der Waals surface area contributed by atoms with Gasteiger partial charge < -0.3 is 24.7 Å². The van der Waals surface area contributed by atoms with E-state index in [1.807, 2.05) is 36.4 Å². The Morgan fingerprint density at radius 2 is 1.09 bits per heavy atom. The van der Waals surface area contributed by atoms with Crippen LogP contribution in [0.4, 0.5) is 0 Å². The van der Waals surface area contributed by atoms with E-state index in [9.17, 15) is 5.11 Å². The molecule has 7 rings (SSSR count). The molecule has 45 heavy (non-hydrogen) atoms. The zero-order valence-corrected chi connectivity index (χ0v) is 25.6. The molecule has 0 saturated heterocycles. The van der Waals surface area contributed by atoms with Crippen LogP contribution in [0, 0.1) is 0 Å². The van der Waals surface area contributed by atoms with E-state index in [-0.39, 0.29) is 17.0 Å². The number of furan rings is 1. The molecule has 0 fully saturated rings. The summed E-state index contributed by atoms with van der Waals surface area (Å²) in [5.74, 6) is 0.123. The first-order valence-electron chi connectivity index (χ1n) is 13.2. The van der Waals surface area contributed by atoms with Gasteiger partial charge in [-0.2, -0.15) is 0 Å². The number of benzene rings is 3. The Labute approximate surface area is 273 Å². The summed E-state index contributed by atoms with van der Waals surface area (Å²) in [6, 6.07) is 26.5. The standard InChI is InChI=1S/C11H8ClNO.C11H7NO.C6H7BO3.C5H3Cl2N/c12-10-7-13-6-5-8(10)9-3-1-2-4-11(9)14;1-2-4-10-8(3-1)9-5-6-12-7-11(9)13-10;8-6-4-2-1-3-5(6)7(9)10;6-4-1-2-8-3-5(4)7/h1-7,14H;1-7H;1-4,8-10H;1-3H. The highest BCUT2D eigenvalue weighted by atomic mass is 35.5. The molecular weight excluding hydrogens is 636 g/mol. The third-order valence-electron chi connectivity index (χ3n) is 6.09. The Morgan fingerprint density at radius 1 is 0.511 bits per heavy atom. The Morgan fingerprint density at radius 3 is 1.71 bits per heavy atom. The minimum absolute atomic E-state index is 0.0995. The zero-order chi connectivity index (χ0) is 32.2. The van der Waals surface area contributed by atoms with Crippen LogP contribution in [-0.4, -0.2) is 42.3 Å².